The van der Waals surface area contributed by atoms with Crippen LogP contribution in [0.3, 0.4) is 0 Å². The Kier molecular flexibility index (Phi) is 4.84. The first kappa shape index (κ1) is 14.2. The topological polar surface area (TPSA) is 82.1 Å². The fourth-order valence-corrected chi connectivity index (χ4v) is 1.91. The number of nitrogens with zero attached hydrogens (tertiary/aromatic N) is 2. The molecule has 2 aromatic rings. The number of imidazole rings is 1. The van der Waals surface area contributed by atoms with Gasteiger partial charge in [-0.1, -0.05) is 0 Å². The summed E-state index contributed by atoms with van der Waals surface area (Å²) >= 11 is 0. The highest BCUT2D eigenvalue weighted by molar-refractivity contribution is 5.70. The number of ether oxygens (including phenoxy) is 1. The monoisotopic (exact) mass is 276 g/mol. The van der Waals surface area contributed by atoms with Crippen LogP contribution < -0.4 is 21.4 Å². The maximum absolute atomic E-state index is 5.85. The largest absolute Gasteiger partial charge is 0.399 e. The molecule has 0 amide bonds. The molecule has 6 nitrogen and oxygen atoms in total. The van der Waals surface area contributed by atoms with Crippen molar-refractivity contribution in [1.29, 1.82) is 0 Å². The summed E-state index contributed by atoms with van der Waals surface area (Å²) in [7, 11) is 2.00. The van der Waals surface area contributed by atoms with Gasteiger partial charge >= 0.3 is 0 Å². The summed E-state index contributed by atoms with van der Waals surface area (Å²) in [6.07, 6.45) is 6.05. The van der Waals surface area contributed by atoms with E-state index in [9.17, 15) is 0 Å². The predicted octanol–water partition coefficient (Wildman–Crippen LogP) is 0.606. The van der Waals surface area contributed by atoms with E-state index in [4.69, 9.17) is 16.2 Å². The molecule has 2 rings (SSSR count). The van der Waals surface area contributed by atoms with Crippen LogP contribution in [0.1, 0.15) is 0 Å². The lowest BCUT2D eigenvalue weighted by atomic mass is 10.2. The lowest BCUT2D eigenvalue weighted by Crippen LogP contribution is -2.24. The highest BCUT2D eigenvalue weighted by atomic mass is 16.5. The van der Waals surface area contributed by atoms with Gasteiger partial charge in [0.2, 0.25) is 6.33 Å². The molecule has 108 valence electrons. The van der Waals surface area contributed by atoms with Gasteiger partial charge in [0.1, 0.15) is 18.9 Å². The van der Waals surface area contributed by atoms with Gasteiger partial charge < -0.3 is 21.5 Å². The van der Waals surface area contributed by atoms with E-state index in [0.717, 1.165) is 12.2 Å². The zero-order valence-electron chi connectivity index (χ0n) is 11.7. The van der Waals surface area contributed by atoms with Crippen molar-refractivity contribution in [2.24, 2.45) is 7.05 Å². The molecule has 1 aromatic carbocycles. The molecule has 0 spiro atoms. The number of hydrogen-bond acceptors (Lipinski definition) is 4. The van der Waals surface area contributed by atoms with Crippen molar-refractivity contribution >= 4 is 17.1 Å². The number of aryl methyl sites for hydroxylation is 1. The molecule has 0 saturated carbocycles. The molecule has 0 atom stereocenters. The minimum absolute atomic E-state index is 0.636. The second-order valence-corrected chi connectivity index (χ2v) is 4.70. The van der Waals surface area contributed by atoms with Crippen molar-refractivity contribution < 1.29 is 9.30 Å². The minimum Gasteiger partial charge on any atom is -0.399 e. The second-order valence-electron chi connectivity index (χ2n) is 4.70. The maximum atomic E-state index is 5.85. The molecule has 1 aromatic heterocycles. The Bertz CT molecular complexity index is 552. The number of nitrogens with two attached hydrogens (primary N) is 2. The van der Waals surface area contributed by atoms with Gasteiger partial charge in [-0.05, 0) is 18.2 Å². The molecule has 0 aliphatic rings. The van der Waals surface area contributed by atoms with E-state index in [1.165, 1.54) is 0 Å². The molecule has 1 heterocycles. The van der Waals surface area contributed by atoms with Crippen molar-refractivity contribution in [2.75, 3.05) is 36.5 Å². The first-order chi connectivity index (χ1) is 9.65. The fraction of sp³-hybridized carbons (Fsp3) is 0.357. The van der Waals surface area contributed by atoms with Crippen LogP contribution >= 0.6 is 0 Å². The smallest absolute Gasteiger partial charge is 0.243 e. The molecule has 20 heavy (non-hydrogen) atoms. The third-order valence-corrected chi connectivity index (χ3v) is 2.96. The van der Waals surface area contributed by atoms with E-state index in [1.807, 2.05) is 42.5 Å². The molecular weight excluding hydrogens is 254 g/mol. The number of hydrogen-bond donors (Lipinski definition) is 3. The average molecular weight is 276 g/mol. The molecule has 5 N–H and O–H groups in total. The number of rotatable bonds is 7. The third-order valence-electron chi connectivity index (χ3n) is 2.96. The van der Waals surface area contributed by atoms with Crippen molar-refractivity contribution in [3.63, 3.8) is 0 Å². The molecule has 0 radical (unpaired) electrons. The molecular formula is C14H22N5O+. The maximum Gasteiger partial charge on any atom is 0.243 e. The quantitative estimate of drug-likeness (QED) is 0.393. The molecule has 0 aliphatic heterocycles. The van der Waals surface area contributed by atoms with Crippen LogP contribution in [0.15, 0.2) is 36.9 Å². The van der Waals surface area contributed by atoms with E-state index in [2.05, 4.69) is 9.88 Å². The van der Waals surface area contributed by atoms with Crippen LogP contribution in [0, 0.1) is 0 Å². The molecule has 0 unspecified atom stereocenters. The van der Waals surface area contributed by atoms with E-state index >= 15 is 0 Å². The van der Waals surface area contributed by atoms with E-state index in [0.29, 0.717) is 31.1 Å². The van der Waals surface area contributed by atoms with Crippen LogP contribution in [0.25, 0.3) is 0 Å². The van der Waals surface area contributed by atoms with E-state index in [-0.39, 0.29) is 0 Å². The van der Waals surface area contributed by atoms with Crippen molar-refractivity contribution in [3.05, 3.63) is 36.9 Å². The lowest BCUT2D eigenvalue weighted by molar-refractivity contribution is -0.671. The highest BCUT2D eigenvalue weighted by Gasteiger charge is 2.00. The number of nitrogen functional groups attached to an aromatic ring is 2. The van der Waals surface area contributed by atoms with Crippen LogP contribution in [0.5, 0.6) is 0 Å². The predicted molar refractivity (Wildman–Crippen MR) is 80.2 cm³/mol. The van der Waals surface area contributed by atoms with Crippen LogP contribution in [-0.2, 0) is 18.3 Å². The van der Waals surface area contributed by atoms with Crippen molar-refractivity contribution in [1.82, 2.24) is 4.57 Å². The standard InChI is InChI=1S/C14H22N5O/c1-18-5-6-19(11-18)7-9-20-8-4-17-14-3-2-12(15)10-13(14)16/h2-3,5-6,10-11,17H,4,7-9,15-16H2,1H3/q+1. The van der Waals surface area contributed by atoms with Gasteiger partial charge in [-0.2, -0.15) is 0 Å². The van der Waals surface area contributed by atoms with E-state index in [1.54, 1.807) is 6.07 Å². The lowest BCUT2D eigenvalue weighted by Gasteiger charge is -2.09. The van der Waals surface area contributed by atoms with Crippen molar-refractivity contribution in [2.45, 2.75) is 6.54 Å². The van der Waals surface area contributed by atoms with Crippen LogP contribution in [0.2, 0.25) is 0 Å². The molecule has 0 bridgehead atoms. The summed E-state index contributed by atoms with van der Waals surface area (Å²) in [6.45, 7) is 2.89. The van der Waals surface area contributed by atoms with Gasteiger partial charge in [0, 0.05) is 12.2 Å². The van der Waals surface area contributed by atoms with Gasteiger partial charge in [0.15, 0.2) is 0 Å². The number of benzene rings is 1. The number of nitrogens with one attached hydrogen (secondary N) is 1. The Morgan fingerprint density at radius 3 is 2.85 bits per heavy atom. The Labute approximate surface area is 119 Å². The van der Waals surface area contributed by atoms with Gasteiger partial charge in [0.25, 0.3) is 0 Å². The molecule has 0 aliphatic carbocycles. The summed E-state index contributed by atoms with van der Waals surface area (Å²) in [5.41, 5.74) is 13.7. The summed E-state index contributed by atoms with van der Waals surface area (Å²) in [5, 5.41) is 3.23. The second kappa shape index (κ2) is 6.81. The van der Waals surface area contributed by atoms with Gasteiger partial charge in [0.05, 0.1) is 31.6 Å². The summed E-state index contributed by atoms with van der Waals surface area (Å²) in [4.78, 5) is 0. The number of anilines is 3. The average Bonchev–Trinajstić information content (AvgIpc) is 2.81. The first-order valence-electron chi connectivity index (χ1n) is 6.63. The normalized spacial score (nSPS) is 10.7. The van der Waals surface area contributed by atoms with E-state index < -0.39 is 0 Å². The van der Waals surface area contributed by atoms with Crippen LogP contribution in [0.4, 0.5) is 17.1 Å². The Morgan fingerprint density at radius 2 is 2.15 bits per heavy atom. The Balaban J connectivity index is 1.62. The molecule has 0 saturated heterocycles. The summed E-state index contributed by atoms with van der Waals surface area (Å²) in [5.74, 6) is 0. The SMILES string of the molecule is C[n+]1ccn(CCOCCNc2ccc(N)cc2N)c1. The van der Waals surface area contributed by atoms with Gasteiger partial charge in [-0.3, -0.25) is 0 Å². The molecule has 0 fully saturated rings. The zero-order valence-corrected chi connectivity index (χ0v) is 11.7. The Hall–Kier alpha value is -2.21. The number of aromatic nitrogens is 2. The molecule has 6 heteroatoms. The Morgan fingerprint density at radius 1 is 1.30 bits per heavy atom. The first-order valence-corrected chi connectivity index (χ1v) is 6.63. The zero-order chi connectivity index (χ0) is 14.4. The summed E-state index contributed by atoms with van der Waals surface area (Å²) < 4.78 is 9.67. The fourth-order valence-electron chi connectivity index (χ4n) is 1.91. The van der Waals surface area contributed by atoms with Crippen molar-refractivity contribution in [3.8, 4) is 0 Å². The van der Waals surface area contributed by atoms with Gasteiger partial charge in [-0.25, -0.2) is 9.13 Å². The minimum atomic E-state index is 0.636. The van der Waals surface area contributed by atoms with Gasteiger partial charge in [-0.15, -0.1) is 0 Å². The third kappa shape index (κ3) is 4.17. The highest BCUT2D eigenvalue weighted by Crippen LogP contribution is 2.20. The van der Waals surface area contributed by atoms with Crippen LogP contribution in [-0.4, -0.2) is 24.3 Å². The summed E-state index contributed by atoms with van der Waals surface area (Å²) in [6, 6.07) is 5.45.